The molecule has 3 N–H and O–H groups in total. The maximum atomic E-state index is 14.0. The van der Waals surface area contributed by atoms with Crippen molar-refractivity contribution in [2.45, 2.75) is 57.0 Å². The summed E-state index contributed by atoms with van der Waals surface area (Å²) in [6.07, 6.45) is 7.08. The van der Waals surface area contributed by atoms with Crippen molar-refractivity contribution >= 4 is 30.3 Å². The number of fused-ring (bicyclic) bond motifs is 4. The molecule has 2 saturated heterocycles. The molecule has 13 heteroatoms. The Kier molecular flexibility index (Phi) is 10.9. The van der Waals surface area contributed by atoms with Crippen LogP contribution in [-0.4, -0.2) is 118 Å². The standard InChI is InChI=1S/C35H49N4O8P/c1-44-30-18-26-28(36-22-24-8-3-10-38(24)34(26)41)20-32(30)46-13-6-16-48(43,15-5-12-40)17-7-14-47-33-21-29-27(19-31(33)45-2)35(42)39-11-4-9-25(39)23-37-29/h18-21,24-25,36-37,40H,3-17,22-23H2,1-2H3/t24-,25-/m0/s1. The van der Waals surface area contributed by atoms with Gasteiger partial charge in [0.1, 0.15) is 0 Å². The number of hydrogen-bond acceptors (Lipinski definition) is 10. The minimum Gasteiger partial charge on any atom is -0.493 e. The van der Waals surface area contributed by atoms with Gasteiger partial charge in [0.2, 0.25) is 0 Å². The third-order valence-corrected chi connectivity index (χ3v) is 13.5. The van der Waals surface area contributed by atoms with Crippen molar-refractivity contribution in [3.05, 3.63) is 35.4 Å². The Morgan fingerprint density at radius 2 is 1.19 bits per heavy atom. The van der Waals surface area contributed by atoms with Gasteiger partial charge in [0.05, 0.1) is 57.1 Å². The summed E-state index contributed by atoms with van der Waals surface area (Å²) >= 11 is 0. The second kappa shape index (κ2) is 15.3. The van der Waals surface area contributed by atoms with E-state index in [2.05, 4.69) is 10.6 Å². The molecule has 0 bridgehead atoms. The first-order chi connectivity index (χ1) is 23.3. The van der Waals surface area contributed by atoms with Gasteiger partial charge in [-0.15, -0.1) is 0 Å². The molecule has 2 aromatic carbocycles. The smallest absolute Gasteiger partial charge is 0.256 e. The van der Waals surface area contributed by atoms with Gasteiger partial charge in [-0.25, -0.2) is 0 Å². The van der Waals surface area contributed by atoms with E-state index in [9.17, 15) is 19.3 Å². The fraction of sp³-hybridized carbons (Fsp3) is 0.600. The van der Waals surface area contributed by atoms with Crippen molar-refractivity contribution < 1.29 is 38.2 Å². The molecule has 0 unspecified atom stereocenters. The van der Waals surface area contributed by atoms with E-state index >= 15 is 0 Å². The lowest BCUT2D eigenvalue weighted by atomic mass is 10.1. The first-order valence-corrected chi connectivity index (χ1v) is 19.6. The van der Waals surface area contributed by atoms with Gasteiger partial charge in [-0.1, -0.05) is 0 Å². The summed E-state index contributed by atoms with van der Waals surface area (Å²) < 4.78 is 37.4. The fourth-order valence-electron chi connectivity index (χ4n) is 7.47. The highest BCUT2D eigenvalue weighted by Crippen LogP contribution is 2.48. The van der Waals surface area contributed by atoms with Crippen LogP contribution < -0.4 is 29.6 Å². The van der Waals surface area contributed by atoms with Gasteiger partial charge in [-0.2, -0.15) is 0 Å². The van der Waals surface area contributed by atoms with Gasteiger partial charge >= 0.3 is 0 Å². The third kappa shape index (κ3) is 7.34. The van der Waals surface area contributed by atoms with Crippen LogP contribution in [0.5, 0.6) is 23.0 Å². The van der Waals surface area contributed by atoms with E-state index in [0.29, 0.717) is 98.2 Å². The van der Waals surface area contributed by atoms with Crippen LogP contribution in [0.2, 0.25) is 0 Å². The monoisotopic (exact) mass is 684 g/mol. The summed E-state index contributed by atoms with van der Waals surface area (Å²) in [5, 5.41) is 16.3. The molecule has 6 rings (SSSR count). The van der Waals surface area contributed by atoms with E-state index in [1.165, 1.54) is 0 Å². The van der Waals surface area contributed by atoms with Crippen molar-refractivity contribution in [3.8, 4) is 23.0 Å². The lowest BCUT2D eigenvalue weighted by molar-refractivity contribution is 0.0742. The molecule has 4 aliphatic rings. The number of benzene rings is 2. The van der Waals surface area contributed by atoms with E-state index in [1.54, 1.807) is 26.4 Å². The summed E-state index contributed by atoms with van der Waals surface area (Å²) in [4.78, 5) is 30.3. The quantitative estimate of drug-likeness (QED) is 0.178. The van der Waals surface area contributed by atoms with Gasteiger partial charge in [0, 0.05) is 75.5 Å². The van der Waals surface area contributed by atoms with Crippen LogP contribution >= 0.6 is 7.14 Å². The molecule has 4 heterocycles. The Morgan fingerprint density at radius 3 is 1.62 bits per heavy atom. The van der Waals surface area contributed by atoms with Crippen molar-refractivity contribution in [2.24, 2.45) is 0 Å². The minimum absolute atomic E-state index is 0.0103. The molecule has 2 amide bonds. The predicted octanol–water partition coefficient (Wildman–Crippen LogP) is 4.75. The maximum Gasteiger partial charge on any atom is 0.256 e. The molecule has 0 aromatic heterocycles. The highest BCUT2D eigenvalue weighted by atomic mass is 31.2. The average Bonchev–Trinajstić information content (AvgIpc) is 3.73. The Morgan fingerprint density at radius 1 is 0.729 bits per heavy atom. The van der Waals surface area contributed by atoms with Crippen molar-refractivity contribution in [1.29, 1.82) is 0 Å². The zero-order valence-corrected chi connectivity index (χ0v) is 29.0. The number of anilines is 2. The normalized spacial score (nSPS) is 20.1. The number of amides is 2. The first kappa shape index (κ1) is 34.2. The average molecular weight is 685 g/mol. The zero-order chi connectivity index (χ0) is 33.7. The Hall–Kier alpha value is -3.63. The topological polar surface area (TPSA) is 139 Å². The molecule has 48 heavy (non-hydrogen) atoms. The van der Waals surface area contributed by atoms with Gasteiger partial charge in [0.25, 0.3) is 11.8 Å². The molecule has 4 aliphatic heterocycles. The number of aliphatic hydroxyl groups excluding tert-OH is 1. The molecule has 2 atom stereocenters. The number of ether oxygens (including phenoxy) is 4. The van der Waals surface area contributed by atoms with Crippen LogP contribution in [0.25, 0.3) is 0 Å². The van der Waals surface area contributed by atoms with Crippen LogP contribution in [0.1, 0.15) is 65.7 Å². The molecule has 0 aliphatic carbocycles. The number of aliphatic hydroxyl groups is 1. The van der Waals surface area contributed by atoms with E-state index in [1.807, 2.05) is 21.9 Å². The number of nitrogens with zero attached hydrogens (tertiary/aromatic N) is 2. The van der Waals surface area contributed by atoms with Gasteiger partial charge in [0.15, 0.2) is 23.0 Å². The Labute approximate surface area is 282 Å². The summed E-state index contributed by atoms with van der Waals surface area (Å²) in [6.45, 7) is 3.63. The largest absolute Gasteiger partial charge is 0.493 e. The zero-order valence-electron chi connectivity index (χ0n) is 28.1. The first-order valence-electron chi connectivity index (χ1n) is 17.3. The van der Waals surface area contributed by atoms with Gasteiger partial charge in [-0.05, 0) is 57.1 Å². The molecular weight excluding hydrogens is 635 g/mol. The van der Waals surface area contributed by atoms with Crippen LogP contribution in [0.4, 0.5) is 11.4 Å². The highest BCUT2D eigenvalue weighted by Gasteiger charge is 2.35. The Bertz CT molecular complexity index is 1430. The summed E-state index contributed by atoms with van der Waals surface area (Å²) in [5.74, 6) is 2.12. The van der Waals surface area contributed by atoms with Crippen LogP contribution in [-0.2, 0) is 4.57 Å². The van der Waals surface area contributed by atoms with Crippen LogP contribution in [0.3, 0.4) is 0 Å². The molecule has 0 radical (unpaired) electrons. The second-order valence-corrected chi connectivity index (χ2v) is 16.6. The van der Waals surface area contributed by atoms with E-state index in [4.69, 9.17) is 18.9 Å². The number of methoxy groups -OCH3 is 2. The molecule has 0 spiro atoms. The number of carbonyl (C=O) groups is 2. The van der Waals surface area contributed by atoms with Crippen LogP contribution in [0, 0.1) is 0 Å². The summed E-state index contributed by atoms with van der Waals surface area (Å²) in [7, 11) is 0.514. The molecule has 0 saturated carbocycles. The number of rotatable bonds is 15. The van der Waals surface area contributed by atoms with E-state index in [-0.39, 0.29) is 30.5 Å². The fourth-order valence-corrected chi connectivity index (χ4v) is 10.3. The maximum absolute atomic E-state index is 14.0. The number of carbonyl (C=O) groups excluding carboxylic acids is 2. The molecule has 12 nitrogen and oxygen atoms in total. The van der Waals surface area contributed by atoms with Crippen molar-refractivity contribution in [2.75, 3.05) is 89.3 Å². The molecule has 262 valence electrons. The van der Waals surface area contributed by atoms with E-state index < -0.39 is 7.14 Å². The SMILES string of the molecule is COc1cc2c(cc1OCCCP(=O)(CCCO)CCCOc1cc3c(cc1OC)C(=O)N1CCC[C@H]1CN3)NC[C@@H]1CCCN1C2=O. The highest BCUT2D eigenvalue weighted by molar-refractivity contribution is 7.63. The predicted molar refractivity (Wildman–Crippen MR) is 185 cm³/mol. The molecule has 2 aromatic rings. The summed E-state index contributed by atoms with van der Waals surface area (Å²) in [5.41, 5.74) is 2.67. The lowest BCUT2D eigenvalue weighted by Crippen LogP contribution is -2.36. The molecule has 2 fully saturated rings. The van der Waals surface area contributed by atoms with Gasteiger partial charge in [-0.3, -0.25) is 9.59 Å². The summed E-state index contributed by atoms with van der Waals surface area (Å²) in [6, 6.07) is 7.57. The lowest BCUT2D eigenvalue weighted by Gasteiger charge is -2.21. The Balaban J connectivity index is 1.03. The number of hydrogen-bond donors (Lipinski definition) is 3. The van der Waals surface area contributed by atoms with Crippen LogP contribution in [0.15, 0.2) is 24.3 Å². The second-order valence-electron chi connectivity index (χ2n) is 13.2. The van der Waals surface area contributed by atoms with Crippen molar-refractivity contribution in [1.82, 2.24) is 9.80 Å². The third-order valence-electron chi connectivity index (χ3n) is 10.1. The molecular formula is C35H49N4O8P. The van der Waals surface area contributed by atoms with Crippen molar-refractivity contribution in [3.63, 3.8) is 0 Å². The minimum atomic E-state index is -2.61. The van der Waals surface area contributed by atoms with Gasteiger partial charge < -0.3 is 49.1 Å². The number of nitrogens with one attached hydrogen (secondary N) is 2. The van der Waals surface area contributed by atoms with E-state index in [0.717, 1.165) is 50.1 Å².